The molecular weight excluding hydrogens is 312 g/mol. The van der Waals surface area contributed by atoms with Crippen molar-refractivity contribution in [3.63, 3.8) is 0 Å². The van der Waals surface area contributed by atoms with E-state index in [1.807, 2.05) is 0 Å². The molecule has 10 heteroatoms. The molecule has 0 heterocycles. The summed E-state index contributed by atoms with van der Waals surface area (Å²) in [5, 5.41) is 22.4. The van der Waals surface area contributed by atoms with Crippen molar-refractivity contribution in [3.05, 3.63) is 0 Å². The molecule has 128 valence electrons. The lowest BCUT2D eigenvalue weighted by atomic mass is 10.1. The Kier molecular flexibility index (Phi) is 10.5. The second-order valence-corrected chi connectivity index (χ2v) is 5.08. The van der Waals surface area contributed by atoms with Gasteiger partial charge in [0.2, 0.25) is 11.8 Å². The van der Waals surface area contributed by atoms with Gasteiger partial charge in [-0.15, -0.1) is 0 Å². The lowest BCUT2D eigenvalue weighted by molar-refractivity contribution is -0.141. The number of carboxylic acids is 1. The predicted octanol–water partition coefficient (Wildman–Crippen LogP) is -2.58. The fourth-order valence-corrected chi connectivity index (χ4v) is 1.83. The van der Waals surface area contributed by atoms with Crippen LogP contribution in [0.4, 0.5) is 0 Å². The molecule has 0 radical (unpaired) electrons. The third-order valence-electron chi connectivity index (χ3n) is 2.91. The summed E-state index contributed by atoms with van der Waals surface area (Å²) >= 11 is 3.85. The number of thiol groups is 1. The van der Waals surface area contributed by atoms with Gasteiger partial charge in [0.15, 0.2) is 0 Å². The zero-order valence-corrected chi connectivity index (χ0v) is 13.1. The second kappa shape index (κ2) is 11.2. The largest absolute Gasteiger partial charge is 0.480 e. The van der Waals surface area contributed by atoms with Crippen molar-refractivity contribution in [1.82, 2.24) is 10.6 Å². The first-order valence-electron chi connectivity index (χ1n) is 6.88. The van der Waals surface area contributed by atoms with Crippen LogP contribution < -0.4 is 22.1 Å². The van der Waals surface area contributed by atoms with Crippen LogP contribution in [-0.2, 0) is 14.4 Å². The van der Waals surface area contributed by atoms with E-state index in [0.29, 0.717) is 19.4 Å². The molecule has 9 nitrogen and oxygen atoms in total. The van der Waals surface area contributed by atoms with Crippen molar-refractivity contribution in [3.8, 4) is 0 Å². The van der Waals surface area contributed by atoms with Crippen molar-refractivity contribution in [1.29, 1.82) is 0 Å². The Bertz CT molecular complexity index is 383. The molecule has 0 aliphatic carbocycles. The van der Waals surface area contributed by atoms with Crippen molar-refractivity contribution < 1.29 is 24.6 Å². The summed E-state index contributed by atoms with van der Waals surface area (Å²) in [5.74, 6) is -2.63. The Hall–Kier alpha value is -1.36. The summed E-state index contributed by atoms with van der Waals surface area (Å²) in [4.78, 5) is 34.7. The highest BCUT2D eigenvalue weighted by Crippen LogP contribution is 2.02. The molecule has 0 aromatic carbocycles. The molecule has 8 N–H and O–H groups in total. The molecule has 0 aliphatic heterocycles. The molecule has 3 atom stereocenters. The van der Waals surface area contributed by atoms with E-state index < -0.39 is 42.5 Å². The van der Waals surface area contributed by atoms with E-state index in [1.165, 1.54) is 0 Å². The van der Waals surface area contributed by atoms with E-state index in [0.717, 1.165) is 0 Å². The topological polar surface area (TPSA) is 168 Å². The van der Waals surface area contributed by atoms with Crippen LogP contribution in [0.1, 0.15) is 19.3 Å². The lowest BCUT2D eigenvalue weighted by Gasteiger charge is -2.22. The number of aliphatic hydroxyl groups is 1. The number of amides is 2. The Balaban J connectivity index is 4.78. The number of hydrogen-bond donors (Lipinski definition) is 7. The number of carbonyl (C=O) groups is 3. The highest BCUT2D eigenvalue weighted by atomic mass is 32.1. The normalized spacial score (nSPS) is 14.7. The molecule has 2 amide bonds. The second-order valence-electron chi connectivity index (χ2n) is 4.72. The Morgan fingerprint density at radius 3 is 2.14 bits per heavy atom. The number of carboxylic acid groups (broad SMARTS) is 1. The van der Waals surface area contributed by atoms with E-state index in [1.54, 1.807) is 0 Å². The van der Waals surface area contributed by atoms with Crippen molar-refractivity contribution in [2.45, 2.75) is 37.4 Å². The van der Waals surface area contributed by atoms with Gasteiger partial charge < -0.3 is 32.3 Å². The molecule has 0 saturated carbocycles. The van der Waals surface area contributed by atoms with Crippen molar-refractivity contribution in [2.75, 3.05) is 18.9 Å². The van der Waals surface area contributed by atoms with Crippen LogP contribution in [0.25, 0.3) is 0 Å². The fraction of sp³-hybridized carbons (Fsp3) is 0.750. The minimum Gasteiger partial charge on any atom is -0.480 e. The molecular formula is C12H24N4O5S. The molecule has 0 rings (SSSR count). The van der Waals surface area contributed by atoms with Gasteiger partial charge in [-0.2, -0.15) is 12.6 Å². The first kappa shape index (κ1) is 20.6. The van der Waals surface area contributed by atoms with Gasteiger partial charge in [0.05, 0.1) is 6.61 Å². The van der Waals surface area contributed by atoms with Gasteiger partial charge >= 0.3 is 5.97 Å². The van der Waals surface area contributed by atoms with E-state index in [4.69, 9.17) is 21.7 Å². The number of unbranched alkanes of at least 4 members (excludes halogenated alkanes) is 1. The van der Waals surface area contributed by atoms with E-state index >= 15 is 0 Å². The number of rotatable bonds is 11. The smallest absolute Gasteiger partial charge is 0.327 e. The van der Waals surface area contributed by atoms with Crippen LogP contribution in [0.3, 0.4) is 0 Å². The van der Waals surface area contributed by atoms with Crippen molar-refractivity contribution >= 4 is 30.4 Å². The van der Waals surface area contributed by atoms with E-state index in [9.17, 15) is 14.4 Å². The third kappa shape index (κ3) is 7.59. The number of aliphatic carboxylic acids is 1. The van der Waals surface area contributed by atoms with Crippen LogP contribution >= 0.6 is 12.6 Å². The third-order valence-corrected chi connectivity index (χ3v) is 3.28. The van der Waals surface area contributed by atoms with Crippen LogP contribution in [0.5, 0.6) is 0 Å². The molecule has 22 heavy (non-hydrogen) atoms. The summed E-state index contributed by atoms with van der Waals surface area (Å²) in [5.41, 5.74) is 10.8. The maximum absolute atomic E-state index is 12.1. The first-order chi connectivity index (χ1) is 10.4. The highest BCUT2D eigenvalue weighted by molar-refractivity contribution is 7.80. The summed E-state index contributed by atoms with van der Waals surface area (Å²) in [6, 6.07) is -3.25. The van der Waals surface area contributed by atoms with Gasteiger partial charge in [-0.05, 0) is 25.8 Å². The average Bonchev–Trinajstić information content (AvgIpc) is 2.49. The standard InChI is InChI=1S/C12H24N4O5S/c13-4-2-1-3-8(15-10(18)7(14)5-17)11(19)16-9(6-22)12(20)21/h7-9,17,22H,1-6,13-14H2,(H,15,18)(H,16,19)(H,20,21)/t7-,8-,9-/m0/s1. The number of hydrogen-bond acceptors (Lipinski definition) is 7. The van der Waals surface area contributed by atoms with Gasteiger partial charge in [0.1, 0.15) is 18.1 Å². The summed E-state index contributed by atoms with van der Waals surface area (Å²) in [7, 11) is 0. The van der Waals surface area contributed by atoms with Gasteiger partial charge in [0.25, 0.3) is 0 Å². The zero-order valence-electron chi connectivity index (χ0n) is 12.2. The zero-order chi connectivity index (χ0) is 17.1. The Morgan fingerprint density at radius 1 is 1.09 bits per heavy atom. The van der Waals surface area contributed by atoms with Gasteiger partial charge in [-0.1, -0.05) is 0 Å². The van der Waals surface area contributed by atoms with Gasteiger partial charge in [-0.3, -0.25) is 9.59 Å². The average molecular weight is 336 g/mol. The monoisotopic (exact) mass is 336 g/mol. The molecule has 0 aromatic heterocycles. The SMILES string of the molecule is NCCCC[C@H](NC(=O)[C@@H](N)CO)C(=O)N[C@@H](CS)C(=O)O. The summed E-state index contributed by atoms with van der Waals surface area (Å²) in [6.07, 6.45) is 1.51. The van der Waals surface area contributed by atoms with Gasteiger partial charge in [0, 0.05) is 5.75 Å². The predicted molar refractivity (Wildman–Crippen MR) is 83.3 cm³/mol. The molecule has 0 aromatic rings. The van der Waals surface area contributed by atoms with Crippen molar-refractivity contribution in [2.24, 2.45) is 11.5 Å². The molecule has 0 spiro atoms. The first-order valence-corrected chi connectivity index (χ1v) is 7.51. The Labute approximate surface area is 134 Å². The molecule has 0 fully saturated rings. The number of carbonyl (C=O) groups excluding carboxylic acids is 2. The lowest BCUT2D eigenvalue weighted by Crippen LogP contribution is -2.55. The maximum atomic E-state index is 12.1. The van der Waals surface area contributed by atoms with E-state index in [-0.39, 0.29) is 12.2 Å². The van der Waals surface area contributed by atoms with Crippen LogP contribution in [0.15, 0.2) is 0 Å². The summed E-state index contributed by atoms with van der Waals surface area (Å²) < 4.78 is 0. The number of nitrogens with one attached hydrogen (secondary N) is 2. The minimum atomic E-state index is -1.22. The minimum absolute atomic E-state index is 0.0826. The molecule has 0 aliphatic rings. The molecule has 0 bridgehead atoms. The van der Waals surface area contributed by atoms with Crippen LogP contribution in [-0.4, -0.2) is 65.0 Å². The van der Waals surface area contributed by atoms with Crippen LogP contribution in [0.2, 0.25) is 0 Å². The van der Waals surface area contributed by atoms with E-state index in [2.05, 4.69) is 23.3 Å². The summed E-state index contributed by atoms with van der Waals surface area (Å²) in [6.45, 7) is -0.121. The quantitative estimate of drug-likeness (QED) is 0.160. The van der Waals surface area contributed by atoms with Gasteiger partial charge in [-0.25, -0.2) is 4.79 Å². The Morgan fingerprint density at radius 2 is 1.68 bits per heavy atom. The number of nitrogens with two attached hydrogens (primary N) is 2. The van der Waals surface area contributed by atoms with Crippen LogP contribution in [0, 0.1) is 0 Å². The maximum Gasteiger partial charge on any atom is 0.327 e. The molecule has 0 unspecified atom stereocenters. The number of aliphatic hydroxyl groups excluding tert-OH is 1. The highest BCUT2D eigenvalue weighted by Gasteiger charge is 2.26. The fourth-order valence-electron chi connectivity index (χ4n) is 1.58. The molecule has 0 saturated heterocycles.